The second kappa shape index (κ2) is 9.30. The molecule has 2 atom stereocenters. The van der Waals surface area contributed by atoms with Crippen LogP contribution >= 0.6 is 0 Å². The van der Waals surface area contributed by atoms with Crippen molar-refractivity contribution in [2.45, 2.75) is 37.5 Å². The Bertz CT molecular complexity index is 1240. The van der Waals surface area contributed by atoms with E-state index in [-0.39, 0.29) is 23.2 Å². The van der Waals surface area contributed by atoms with Gasteiger partial charge in [0, 0.05) is 23.2 Å². The van der Waals surface area contributed by atoms with Gasteiger partial charge >= 0.3 is 6.18 Å². The third-order valence-electron chi connectivity index (χ3n) is 5.43. The van der Waals surface area contributed by atoms with Crippen LogP contribution in [-0.4, -0.2) is 35.2 Å². The molecule has 1 aromatic heterocycles. The SMILES string of the molecule is CC[C@H](C[C@@](O)(C=Nc1cccc2[nH]c(=O)ccc12)C(F)(F)F)c1ccc(F)c(F)c1OC. The number of aromatic amines is 1. The largest absolute Gasteiger partial charge is 0.493 e. The predicted octanol–water partition coefficient (Wildman–Crippen LogP) is 5.39. The molecular formula is C23H21F5N2O3. The molecule has 0 bridgehead atoms. The Morgan fingerprint density at radius 1 is 1.15 bits per heavy atom. The molecule has 0 saturated carbocycles. The smallest absolute Gasteiger partial charge is 0.422 e. The molecule has 176 valence electrons. The molecule has 2 aromatic carbocycles. The molecule has 0 radical (unpaired) electrons. The lowest BCUT2D eigenvalue weighted by molar-refractivity contribution is -0.232. The fourth-order valence-electron chi connectivity index (χ4n) is 3.63. The third-order valence-corrected chi connectivity index (χ3v) is 5.43. The van der Waals surface area contributed by atoms with Crippen LogP contribution in [0.5, 0.6) is 5.75 Å². The van der Waals surface area contributed by atoms with Crippen molar-refractivity contribution in [1.82, 2.24) is 4.98 Å². The average Bonchev–Trinajstić information content (AvgIpc) is 2.76. The number of hydrogen-bond donors (Lipinski definition) is 2. The van der Waals surface area contributed by atoms with E-state index in [1.807, 2.05) is 0 Å². The van der Waals surface area contributed by atoms with Gasteiger partial charge in [0.25, 0.3) is 0 Å². The molecule has 3 aromatic rings. The number of halogens is 5. The lowest BCUT2D eigenvalue weighted by atomic mass is 9.83. The van der Waals surface area contributed by atoms with Crippen LogP contribution in [0.3, 0.4) is 0 Å². The Labute approximate surface area is 185 Å². The maximum Gasteiger partial charge on any atom is 0.422 e. The number of hydrogen-bond acceptors (Lipinski definition) is 4. The molecule has 0 aliphatic rings. The van der Waals surface area contributed by atoms with Gasteiger partial charge in [-0.1, -0.05) is 19.1 Å². The summed E-state index contributed by atoms with van der Waals surface area (Å²) in [5.41, 5.74) is -3.30. The highest BCUT2D eigenvalue weighted by molar-refractivity contribution is 5.91. The Hall–Kier alpha value is -3.27. The van der Waals surface area contributed by atoms with E-state index in [2.05, 4.69) is 9.98 Å². The molecule has 33 heavy (non-hydrogen) atoms. The summed E-state index contributed by atoms with van der Waals surface area (Å²) in [6, 6.07) is 9.05. The van der Waals surface area contributed by atoms with E-state index >= 15 is 0 Å². The van der Waals surface area contributed by atoms with Gasteiger partial charge in [-0.15, -0.1) is 0 Å². The number of rotatable bonds is 7. The zero-order valence-corrected chi connectivity index (χ0v) is 17.7. The zero-order chi connectivity index (χ0) is 24.4. The molecule has 0 fully saturated rings. The number of nitrogens with zero attached hydrogens (tertiary/aromatic N) is 1. The first kappa shape index (κ1) is 24.4. The number of benzene rings is 2. The Balaban J connectivity index is 2.04. The molecule has 2 N–H and O–H groups in total. The summed E-state index contributed by atoms with van der Waals surface area (Å²) in [5.74, 6) is -4.06. The van der Waals surface area contributed by atoms with E-state index < -0.39 is 41.5 Å². The minimum Gasteiger partial charge on any atom is -0.493 e. The zero-order valence-electron chi connectivity index (χ0n) is 17.7. The second-order valence-corrected chi connectivity index (χ2v) is 7.53. The average molecular weight is 468 g/mol. The van der Waals surface area contributed by atoms with Gasteiger partial charge in [0.15, 0.2) is 17.2 Å². The van der Waals surface area contributed by atoms with E-state index in [1.54, 1.807) is 13.0 Å². The number of aromatic nitrogens is 1. The first-order chi connectivity index (χ1) is 15.5. The first-order valence-corrected chi connectivity index (χ1v) is 9.99. The summed E-state index contributed by atoms with van der Waals surface area (Å²) in [6.07, 6.45) is -5.56. The van der Waals surface area contributed by atoms with Crippen LogP contribution in [0.1, 0.15) is 31.2 Å². The van der Waals surface area contributed by atoms with E-state index in [0.29, 0.717) is 17.1 Å². The van der Waals surface area contributed by atoms with Gasteiger partial charge in [-0.25, -0.2) is 4.39 Å². The second-order valence-electron chi connectivity index (χ2n) is 7.53. The number of methoxy groups -OCH3 is 1. The predicted molar refractivity (Wildman–Crippen MR) is 114 cm³/mol. The van der Waals surface area contributed by atoms with Crippen molar-refractivity contribution in [3.63, 3.8) is 0 Å². The fourth-order valence-corrected chi connectivity index (χ4v) is 3.63. The first-order valence-electron chi connectivity index (χ1n) is 9.99. The molecule has 0 unspecified atom stereocenters. The van der Waals surface area contributed by atoms with Crippen LogP contribution in [-0.2, 0) is 0 Å². The number of ether oxygens (including phenoxy) is 1. The molecule has 0 aliphatic carbocycles. The normalized spacial score (nSPS) is 15.0. The van der Waals surface area contributed by atoms with E-state index in [1.165, 1.54) is 24.3 Å². The van der Waals surface area contributed by atoms with Crippen LogP contribution in [0, 0.1) is 11.6 Å². The quantitative estimate of drug-likeness (QED) is 0.361. The molecule has 0 saturated heterocycles. The van der Waals surface area contributed by atoms with Gasteiger partial charge in [0.2, 0.25) is 11.4 Å². The highest BCUT2D eigenvalue weighted by atomic mass is 19.4. The Morgan fingerprint density at radius 3 is 2.52 bits per heavy atom. The number of H-pyrrole nitrogens is 1. The monoisotopic (exact) mass is 468 g/mol. The number of aliphatic imine (C=N–C) groups is 1. The van der Waals surface area contributed by atoms with Crippen LogP contribution in [0.4, 0.5) is 27.6 Å². The van der Waals surface area contributed by atoms with Crippen molar-refractivity contribution in [2.75, 3.05) is 7.11 Å². The van der Waals surface area contributed by atoms with Crippen molar-refractivity contribution in [3.8, 4) is 5.75 Å². The van der Waals surface area contributed by atoms with Gasteiger partial charge in [-0.3, -0.25) is 9.79 Å². The van der Waals surface area contributed by atoms with Crippen molar-refractivity contribution in [3.05, 3.63) is 70.0 Å². The summed E-state index contributed by atoms with van der Waals surface area (Å²) < 4.78 is 74.5. The van der Waals surface area contributed by atoms with Gasteiger partial charge in [-0.2, -0.15) is 17.6 Å². The number of aliphatic hydroxyl groups is 1. The van der Waals surface area contributed by atoms with E-state index in [4.69, 9.17) is 4.74 Å². The van der Waals surface area contributed by atoms with Crippen molar-refractivity contribution >= 4 is 22.8 Å². The van der Waals surface area contributed by atoms with Crippen molar-refractivity contribution < 1.29 is 31.8 Å². The van der Waals surface area contributed by atoms with Gasteiger partial charge in [0.05, 0.1) is 18.3 Å². The molecule has 0 aliphatic heterocycles. The topological polar surface area (TPSA) is 74.7 Å². The molecule has 5 nitrogen and oxygen atoms in total. The van der Waals surface area contributed by atoms with Crippen LogP contribution in [0.25, 0.3) is 10.9 Å². The molecule has 0 spiro atoms. The lowest BCUT2D eigenvalue weighted by Crippen LogP contribution is -2.47. The van der Waals surface area contributed by atoms with Gasteiger partial charge in [-0.05, 0) is 43.0 Å². The summed E-state index contributed by atoms with van der Waals surface area (Å²) in [5, 5.41) is 11.0. The Morgan fingerprint density at radius 2 is 1.88 bits per heavy atom. The minimum absolute atomic E-state index is 0.00212. The minimum atomic E-state index is -5.12. The molecule has 0 amide bonds. The maximum atomic E-state index is 14.1. The van der Waals surface area contributed by atoms with Gasteiger partial charge in [0.1, 0.15) is 0 Å². The summed E-state index contributed by atoms with van der Waals surface area (Å²) in [7, 11) is 1.08. The Kier molecular flexibility index (Phi) is 6.87. The number of fused-ring (bicyclic) bond motifs is 1. The van der Waals surface area contributed by atoms with Crippen molar-refractivity contribution in [1.29, 1.82) is 0 Å². The fraction of sp³-hybridized carbons (Fsp3) is 0.304. The molecule has 1 heterocycles. The number of nitrogens with one attached hydrogen (secondary N) is 1. The summed E-state index contributed by atoms with van der Waals surface area (Å²) in [6.45, 7) is 1.56. The molecule has 10 heteroatoms. The maximum absolute atomic E-state index is 14.1. The molecular weight excluding hydrogens is 447 g/mol. The third kappa shape index (κ3) is 4.90. The highest BCUT2D eigenvalue weighted by Crippen LogP contribution is 2.42. The van der Waals surface area contributed by atoms with Crippen LogP contribution in [0.2, 0.25) is 0 Å². The summed E-state index contributed by atoms with van der Waals surface area (Å²) >= 11 is 0. The summed E-state index contributed by atoms with van der Waals surface area (Å²) in [4.78, 5) is 17.9. The van der Waals surface area contributed by atoms with Crippen LogP contribution in [0.15, 0.2) is 52.3 Å². The van der Waals surface area contributed by atoms with Crippen LogP contribution < -0.4 is 10.3 Å². The van der Waals surface area contributed by atoms with Gasteiger partial charge < -0.3 is 14.8 Å². The standard InChI is InChI=1S/C23H21F5N2O3/c1-3-13(14-7-9-16(24)20(25)21(14)33-2)11-22(32,23(26,27)28)12-29-17-5-4-6-18-15(17)8-10-19(31)30-18/h4-10,12-13,32H,3,11H2,1-2H3,(H,30,31)/t13-,22-/m1/s1. The lowest BCUT2D eigenvalue weighted by Gasteiger charge is -2.31. The molecule has 3 rings (SSSR count). The number of pyridine rings is 1. The van der Waals surface area contributed by atoms with E-state index in [0.717, 1.165) is 19.2 Å². The number of alkyl halides is 3. The van der Waals surface area contributed by atoms with Crippen molar-refractivity contribution in [2.24, 2.45) is 4.99 Å². The van der Waals surface area contributed by atoms with E-state index in [9.17, 15) is 31.9 Å². The highest BCUT2D eigenvalue weighted by Gasteiger charge is 2.53.